The first-order valence-electron chi connectivity index (χ1n) is 10.5. The summed E-state index contributed by atoms with van der Waals surface area (Å²) in [6.45, 7) is 0.808. The molecule has 2 aromatic rings. The lowest BCUT2D eigenvalue weighted by Crippen LogP contribution is -2.30. The molecule has 0 saturated carbocycles. The van der Waals surface area contributed by atoms with Crippen LogP contribution >= 0.6 is 0 Å². The highest BCUT2D eigenvalue weighted by Crippen LogP contribution is 2.37. The van der Waals surface area contributed by atoms with Gasteiger partial charge in [-0.2, -0.15) is 0 Å². The van der Waals surface area contributed by atoms with Crippen molar-refractivity contribution in [1.29, 1.82) is 0 Å². The van der Waals surface area contributed by atoms with E-state index in [1.54, 1.807) is 0 Å². The molecule has 8 nitrogen and oxygen atoms in total. The number of fused-ring (bicyclic) bond motifs is 1. The maximum atomic E-state index is 12.7. The van der Waals surface area contributed by atoms with Crippen LogP contribution in [0.1, 0.15) is 40.5 Å². The van der Waals surface area contributed by atoms with Crippen molar-refractivity contribution in [2.45, 2.75) is 19.8 Å². The maximum Gasteiger partial charge on any atom is 0.338 e. The van der Waals surface area contributed by atoms with Gasteiger partial charge in [0.15, 0.2) is 12.4 Å². The van der Waals surface area contributed by atoms with E-state index < -0.39 is 24.3 Å². The molecular formula is C25H21NO7. The molecule has 33 heavy (non-hydrogen) atoms. The Hall–Kier alpha value is -4.07. The van der Waals surface area contributed by atoms with Crippen LogP contribution in [0.4, 0.5) is 5.69 Å². The quantitative estimate of drug-likeness (QED) is 0.220. The zero-order valence-electron chi connectivity index (χ0n) is 17.9. The number of hydrogen-bond donors (Lipinski definition) is 0. The molecule has 2 aromatic carbocycles. The molecule has 1 saturated heterocycles. The number of ketones is 1. The van der Waals surface area contributed by atoms with E-state index in [0.29, 0.717) is 29.8 Å². The Bertz CT molecular complexity index is 1120. The minimum atomic E-state index is -0.705. The lowest BCUT2D eigenvalue weighted by molar-refractivity contribution is -0.132. The monoisotopic (exact) mass is 447 g/mol. The Kier molecular flexibility index (Phi) is 6.17. The number of nitrogens with zero attached hydrogens (tertiary/aromatic N) is 1. The highest BCUT2D eigenvalue weighted by molar-refractivity contribution is 6.22. The lowest BCUT2D eigenvalue weighted by Gasteiger charge is -2.15. The molecule has 1 fully saturated rings. The van der Waals surface area contributed by atoms with Crippen LogP contribution in [0, 0.1) is 11.8 Å². The number of anilines is 1. The molecule has 2 atom stereocenters. The fourth-order valence-corrected chi connectivity index (χ4v) is 3.97. The van der Waals surface area contributed by atoms with Crippen LogP contribution in [0.25, 0.3) is 0 Å². The topological polar surface area (TPSA) is 107 Å². The summed E-state index contributed by atoms with van der Waals surface area (Å²) < 4.78 is 10.0. The van der Waals surface area contributed by atoms with Crippen LogP contribution in [0.15, 0.2) is 60.7 Å². The zero-order valence-corrected chi connectivity index (χ0v) is 17.9. The smallest absolute Gasteiger partial charge is 0.338 e. The van der Waals surface area contributed by atoms with E-state index in [9.17, 15) is 24.0 Å². The highest BCUT2D eigenvalue weighted by Gasteiger charge is 2.47. The summed E-state index contributed by atoms with van der Waals surface area (Å²) >= 11 is 0. The van der Waals surface area contributed by atoms with E-state index in [4.69, 9.17) is 9.47 Å². The zero-order chi connectivity index (χ0) is 23.5. The summed E-state index contributed by atoms with van der Waals surface area (Å²) in [4.78, 5) is 62.1. The van der Waals surface area contributed by atoms with E-state index in [2.05, 4.69) is 0 Å². The second-order valence-electron chi connectivity index (χ2n) is 7.83. The number of rotatable bonds is 6. The molecular weight excluding hydrogens is 426 g/mol. The van der Waals surface area contributed by atoms with Crippen LogP contribution in [0.5, 0.6) is 5.75 Å². The average molecular weight is 447 g/mol. The fraction of sp³-hybridized carbons (Fsp3) is 0.240. The molecule has 2 amide bonds. The molecule has 0 N–H and O–H groups in total. The molecule has 1 aliphatic carbocycles. The van der Waals surface area contributed by atoms with Gasteiger partial charge in [-0.3, -0.25) is 24.1 Å². The van der Waals surface area contributed by atoms with Gasteiger partial charge in [0.1, 0.15) is 5.75 Å². The third-order valence-electron chi connectivity index (χ3n) is 5.64. The average Bonchev–Trinajstić information content (AvgIpc) is 3.07. The molecule has 4 rings (SSSR count). The number of ether oxygens (including phenoxy) is 2. The fourth-order valence-electron chi connectivity index (χ4n) is 3.97. The molecule has 0 aromatic heterocycles. The molecule has 0 bridgehead atoms. The second kappa shape index (κ2) is 9.20. The molecule has 0 unspecified atom stereocenters. The summed E-state index contributed by atoms with van der Waals surface area (Å²) in [5, 5.41) is 0. The first-order chi connectivity index (χ1) is 15.8. The number of imide groups is 1. The van der Waals surface area contributed by atoms with Crippen LogP contribution in [0.3, 0.4) is 0 Å². The molecule has 0 spiro atoms. The minimum Gasteiger partial charge on any atom is -0.454 e. The van der Waals surface area contributed by atoms with Gasteiger partial charge in [-0.15, -0.1) is 0 Å². The van der Waals surface area contributed by atoms with Crippen molar-refractivity contribution in [3.05, 3.63) is 71.8 Å². The predicted molar refractivity (Wildman–Crippen MR) is 117 cm³/mol. The summed E-state index contributed by atoms with van der Waals surface area (Å²) in [6, 6.07) is 11.8. The second-order valence-corrected chi connectivity index (χ2v) is 7.83. The number of Topliss-reactive ketones (excluding diaryl/α,β-unsaturated/α-hetero) is 1. The summed E-state index contributed by atoms with van der Waals surface area (Å²) in [5.41, 5.74) is 0.894. The largest absolute Gasteiger partial charge is 0.454 e. The van der Waals surface area contributed by atoms with E-state index in [-0.39, 0.29) is 29.2 Å². The van der Waals surface area contributed by atoms with Gasteiger partial charge in [0.2, 0.25) is 11.8 Å². The normalized spacial score (nSPS) is 19.2. The van der Waals surface area contributed by atoms with Crippen LogP contribution in [0.2, 0.25) is 0 Å². The summed E-state index contributed by atoms with van der Waals surface area (Å²) in [7, 11) is 0. The number of benzene rings is 2. The third-order valence-corrected chi connectivity index (χ3v) is 5.64. The SMILES string of the molecule is CC(=O)Oc1ccc(C(=O)COC(=O)c2ccc(N3C(=O)[C@H]4CC=CC[C@@H]4C3=O)cc2)cc1. The number of carbonyl (C=O) groups is 5. The van der Waals surface area contributed by atoms with Gasteiger partial charge in [0.05, 0.1) is 23.1 Å². The molecule has 0 radical (unpaired) electrons. The number of amides is 2. The Morgan fingerprint density at radius 3 is 1.94 bits per heavy atom. The summed E-state index contributed by atoms with van der Waals surface area (Å²) in [6.07, 6.45) is 4.95. The Morgan fingerprint density at radius 1 is 0.848 bits per heavy atom. The molecule has 1 aliphatic heterocycles. The van der Waals surface area contributed by atoms with Gasteiger partial charge in [-0.25, -0.2) is 4.79 Å². The van der Waals surface area contributed by atoms with E-state index in [0.717, 1.165) is 0 Å². The first kappa shape index (κ1) is 22.1. The molecule has 168 valence electrons. The van der Waals surface area contributed by atoms with Crippen molar-refractivity contribution in [2.75, 3.05) is 11.5 Å². The van der Waals surface area contributed by atoms with Crippen molar-refractivity contribution in [2.24, 2.45) is 11.8 Å². The van der Waals surface area contributed by atoms with Crippen LogP contribution in [-0.4, -0.2) is 36.1 Å². The Morgan fingerprint density at radius 2 is 1.39 bits per heavy atom. The van der Waals surface area contributed by atoms with Gasteiger partial charge >= 0.3 is 11.9 Å². The van der Waals surface area contributed by atoms with Crippen LogP contribution in [-0.2, 0) is 19.1 Å². The number of carbonyl (C=O) groups excluding carboxylic acids is 5. The van der Waals surface area contributed by atoms with Crippen molar-refractivity contribution < 1.29 is 33.4 Å². The predicted octanol–water partition coefficient (Wildman–Crippen LogP) is 3.11. The number of allylic oxidation sites excluding steroid dienone is 2. The van der Waals surface area contributed by atoms with Crippen molar-refractivity contribution in [3.63, 3.8) is 0 Å². The maximum absolute atomic E-state index is 12.7. The number of esters is 2. The highest BCUT2D eigenvalue weighted by atomic mass is 16.5. The summed E-state index contributed by atoms with van der Waals surface area (Å²) in [5.74, 6) is -2.40. The van der Waals surface area contributed by atoms with Crippen molar-refractivity contribution in [1.82, 2.24) is 0 Å². The number of hydrogen-bond acceptors (Lipinski definition) is 7. The lowest BCUT2D eigenvalue weighted by atomic mass is 9.85. The van der Waals surface area contributed by atoms with Gasteiger partial charge < -0.3 is 9.47 Å². The Labute approximate surface area is 189 Å². The van der Waals surface area contributed by atoms with E-state index in [1.165, 1.54) is 60.4 Å². The van der Waals surface area contributed by atoms with Gasteiger partial charge in [0, 0.05) is 12.5 Å². The van der Waals surface area contributed by atoms with Crippen molar-refractivity contribution >= 4 is 35.2 Å². The van der Waals surface area contributed by atoms with Gasteiger partial charge in [-0.05, 0) is 61.4 Å². The van der Waals surface area contributed by atoms with E-state index in [1.807, 2.05) is 12.2 Å². The van der Waals surface area contributed by atoms with Crippen LogP contribution < -0.4 is 9.64 Å². The van der Waals surface area contributed by atoms with Gasteiger partial charge in [-0.1, -0.05) is 12.2 Å². The first-order valence-corrected chi connectivity index (χ1v) is 10.5. The minimum absolute atomic E-state index is 0.190. The Balaban J connectivity index is 1.36. The standard InChI is InChI=1S/C25H21NO7/c1-15(27)33-19-12-8-16(9-13-19)22(28)14-32-25(31)17-6-10-18(11-7-17)26-23(29)20-4-2-3-5-21(20)24(26)30/h2-3,6-13,20-21H,4-5,14H2,1H3/t20-,21-/m0/s1. The van der Waals surface area contributed by atoms with Gasteiger partial charge in [0.25, 0.3) is 0 Å². The van der Waals surface area contributed by atoms with E-state index >= 15 is 0 Å². The molecule has 8 heteroatoms. The molecule has 2 aliphatic rings. The third kappa shape index (κ3) is 4.59. The van der Waals surface area contributed by atoms with Crippen molar-refractivity contribution in [3.8, 4) is 5.75 Å². The molecule has 1 heterocycles.